The highest BCUT2D eigenvalue weighted by atomic mass is 16.5. The SMILES string of the molecule is C=CCCCCCC(=O)CC1CCCO1. The molecular weight excluding hydrogens is 188 g/mol. The van der Waals surface area contributed by atoms with E-state index in [0.29, 0.717) is 12.2 Å². The number of rotatable bonds is 8. The third kappa shape index (κ3) is 5.73. The van der Waals surface area contributed by atoms with E-state index >= 15 is 0 Å². The van der Waals surface area contributed by atoms with Gasteiger partial charge in [-0.15, -0.1) is 6.58 Å². The van der Waals surface area contributed by atoms with Crippen molar-refractivity contribution in [3.05, 3.63) is 12.7 Å². The van der Waals surface area contributed by atoms with Crippen LogP contribution < -0.4 is 0 Å². The molecule has 2 heteroatoms. The molecule has 1 saturated heterocycles. The van der Waals surface area contributed by atoms with Crippen molar-refractivity contribution in [1.82, 2.24) is 0 Å². The fourth-order valence-electron chi connectivity index (χ4n) is 1.95. The average molecular weight is 210 g/mol. The Morgan fingerprint density at radius 1 is 1.40 bits per heavy atom. The molecule has 0 spiro atoms. The third-order valence-corrected chi connectivity index (χ3v) is 2.84. The maximum Gasteiger partial charge on any atom is 0.135 e. The minimum absolute atomic E-state index is 0.227. The summed E-state index contributed by atoms with van der Waals surface area (Å²) < 4.78 is 5.43. The fourth-order valence-corrected chi connectivity index (χ4v) is 1.95. The van der Waals surface area contributed by atoms with Crippen LogP contribution >= 0.6 is 0 Å². The van der Waals surface area contributed by atoms with Gasteiger partial charge in [0.05, 0.1) is 6.10 Å². The van der Waals surface area contributed by atoms with Gasteiger partial charge in [-0.1, -0.05) is 12.5 Å². The molecule has 1 atom stereocenters. The summed E-state index contributed by atoms with van der Waals surface area (Å²) in [5, 5.41) is 0. The van der Waals surface area contributed by atoms with Crippen LogP contribution in [0.4, 0.5) is 0 Å². The van der Waals surface area contributed by atoms with E-state index in [9.17, 15) is 4.79 Å². The van der Waals surface area contributed by atoms with Gasteiger partial charge in [-0.25, -0.2) is 0 Å². The zero-order valence-electron chi connectivity index (χ0n) is 9.54. The first-order valence-corrected chi connectivity index (χ1v) is 6.07. The van der Waals surface area contributed by atoms with Gasteiger partial charge in [0.25, 0.3) is 0 Å². The number of ketones is 1. The van der Waals surface area contributed by atoms with Crippen LogP contribution in [0.25, 0.3) is 0 Å². The summed E-state index contributed by atoms with van der Waals surface area (Å²) in [7, 11) is 0. The Morgan fingerprint density at radius 2 is 2.27 bits per heavy atom. The third-order valence-electron chi connectivity index (χ3n) is 2.84. The summed E-state index contributed by atoms with van der Waals surface area (Å²) in [5.74, 6) is 0.375. The predicted octanol–water partition coefficient (Wildman–Crippen LogP) is 3.26. The number of ether oxygens (including phenoxy) is 1. The zero-order chi connectivity index (χ0) is 10.9. The molecule has 0 aromatic heterocycles. The van der Waals surface area contributed by atoms with Crippen molar-refractivity contribution in [2.45, 2.75) is 57.5 Å². The molecule has 15 heavy (non-hydrogen) atoms. The Kier molecular flexibility index (Phi) is 6.33. The predicted molar refractivity (Wildman–Crippen MR) is 61.9 cm³/mol. The number of unbranched alkanes of at least 4 members (excludes halogenated alkanes) is 3. The van der Waals surface area contributed by atoms with Crippen LogP contribution in [0.2, 0.25) is 0 Å². The largest absolute Gasteiger partial charge is 0.378 e. The van der Waals surface area contributed by atoms with Crippen LogP contribution in [-0.2, 0) is 9.53 Å². The highest BCUT2D eigenvalue weighted by Gasteiger charge is 2.18. The summed E-state index contributed by atoms with van der Waals surface area (Å²) in [6.45, 7) is 4.52. The van der Waals surface area contributed by atoms with Crippen LogP contribution in [0.15, 0.2) is 12.7 Å². The zero-order valence-corrected chi connectivity index (χ0v) is 9.54. The van der Waals surface area contributed by atoms with Crippen molar-refractivity contribution in [2.24, 2.45) is 0 Å². The molecule has 0 bridgehead atoms. The molecular formula is C13H22O2. The summed E-state index contributed by atoms with van der Waals surface area (Å²) in [6.07, 6.45) is 10.1. The van der Waals surface area contributed by atoms with Crippen molar-refractivity contribution in [3.63, 3.8) is 0 Å². The Labute approximate surface area is 92.7 Å². The van der Waals surface area contributed by atoms with Crippen molar-refractivity contribution in [1.29, 1.82) is 0 Å². The second kappa shape index (κ2) is 7.63. The Morgan fingerprint density at radius 3 is 2.93 bits per heavy atom. The molecule has 0 aromatic carbocycles. The Hall–Kier alpha value is -0.630. The number of carbonyl (C=O) groups is 1. The molecule has 0 aromatic rings. The summed E-state index contributed by atoms with van der Waals surface area (Å²) in [4.78, 5) is 11.5. The van der Waals surface area contributed by atoms with Gasteiger partial charge in [0.1, 0.15) is 5.78 Å². The van der Waals surface area contributed by atoms with Gasteiger partial charge in [-0.05, 0) is 32.1 Å². The number of hydrogen-bond donors (Lipinski definition) is 0. The lowest BCUT2D eigenvalue weighted by Crippen LogP contribution is -2.12. The lowest BCUT2D eigenvalue weighted by Gasteiger charge is -2.07. The van der Waals surface area contributed by atoms with Crippen molar-refractivity contribution in [3.8, 4) is 0 Å². The topological polar surface area (TPSA) is 26.3 Å². The molecule has 0 radical (unpaired) electrons. The summed E-state index contributed by atoms with van der Waals surface area (Å²) in [6, 6.07) is 0. The van der Waals surface area contributed by atoms with Crippen LogP contribution in [0.1, 0.15) is 51.4 Å². The van der Waals surface area contributed by atoms with Gasteiger partial charge in [-0.2, -0.15) is 0 Å². The van der Waals surface area contributed by atoms with Gasteiger partial charge in [0.2, 0.25) is 0 Å². The van der Waals surface area contributed by atoms with Crippen LogP contribution in [0.5, 0.6) is 0 Å². The van der Waals surface area contributed by atoms with Crippen molar-refractivity contribution >= 4 is 5.78 Å². The highest BCUT2D eigenvalue weighted by Crippen LogP contribution is 2.17. The number of hydrogen-bond acceptors (Lipinski definition) is 2. The lowest BCUT2D eigenvalue weighted by molar-refractivity contribution is -0.121. The minimum Gasteiger partial charge on any atom is -0.378 e. The smallest absolute Gasteiger partial charge is 0.135 e. The Balaban J connectivity index is 1.95. The van der Waals surface area contributed by atoms with E-state index in [0.717, 1.165) is 51.6 Å². The maximum absolute atomic E-state index is 11.5. The molecule has 1 heterocycles. The molecule has 1 rings (SSSR count). The van der Waals surface area contributed by atoms with E-state index < -0.39 is 0 Å². The number of Topliss-reactive ketones (excluding diaryl/α,β-unsaturated/α-hetero) is 1. The minimum atomic E-state index is 0.227. The van der Waals surface area contributed by atoms with Crippen molar-refractivity contribution < 1.29 is 9.53 Å². The first kappa shape index (κ1) is 12.4. The van der Waals surface area contributed by atoms with E-state index in [4.69, 9.17) is 4.74 Å². The monoisotopic (exact) mass is 210 g/mol. The normalized spacial score (nSPS) is 20.4. The van der Waals surface area contributed by atoms with Gasteiger partial charge in [0, 0.05) is 19.4 Å². The van der Waals surface area contributed by atoms with Crippen LogP contribution in [0, 0.1) is 0 Å². The molecule has 1 unspecified atom stereocenters. The Bertz CT molecular complexity index is 193. The molecule has 0 N–H and O–H groups in total. The van der Waals surface area contributed by atoms with Gasteiger partial charge in [-0.3, -0.25) is 4.79 Å². The van der Waals surface area contributed by atoms with Gasteiger partial charge >= 0.3 is 0 Å². The van der Waals surface area contributed by atoms with Gasteiger partial charge in [0.15, 0.2) is 0 Å². The molecule has 1 fully saturated rings. The van der Waals surface area contributed by atoms with E-state index in [1.165, 1.54) is 0 Å². The standard InChI is InChI=1S/C13H22O2/c1-2-3-4-5-6-8-12(14)11-13-9-7-10-15-13/h2,13H,1,3-11H2. The molecule has 2 nitrogen and oxygen atoms in total. The second-order valence-electron chi connectivity index (χ2n) is 4.27. The molecule has 0 aliphatic carbocycles. The molecule has 1 aliphatic heterocycles. The van der Waals surface area contributed by atoms with E-state index in [1.807, 2.05) is 6.08 Å². The van der Waals surface area contributed by atoms with E-state index in [-0.39, 0.29) is 6.10 Å². The first-order chi connectivity index (χ1) is 7.33. The van der Waals surface area contributed by atoms with Crippen LogP contribution in [0.3, 0.4) is 0 Å². The summed E-state index contributed by atoms with van der Waals surface area (Å²) >= 11 is 0. The second-order valence-corrected chi connectivity index (χ2v) is 4.27. The number of allylic oxidation sites excluding steroid dienone is 1. The van der Waals surface area contributed by atoms with Gasteiger partial charge < -0.3 is 4.74 Å². The highest BCUT2D eigenvalue weighted by molar-refractivity contribution is 5.78. The average Bonchev–Trinajstić information content (AvgIpc) is 2.70. The van der Waals surface area contributed by atoms with Crippen molar-refractivity contribution in [2.75, 3.05) is 6.61 Å². The van der Waals surface area contributed by atoms with E-state index in [1.54, 1.807) is 0 Å². The molecule has 0 saturated carbocycles. The fraction of sp³-hybridized carbons (Fsp3) is 0.769. The quantitative estimate of drug-likeness (QED) is 0.454. The lowest BCUT2D eigenvalue weighted by atomic mass is 10.0. The number of carbonyl (C=O) groups excluding carboxylic acids is 1. The first-order valence-electron chi connectivity index (χ1n) is 6.07. The molecule has 0 amide bonds. The molecule has 1 aliphatic rings. The van der Waals surface area contributed by atoms with E-state index in [2.05, 4.69) is 6.58 Å². The maximum atomic E-state index is 11.5. The summed E-state index contributed by atoms with van der Waals surface area (Å²) in [5.41, 5.74) is 0. The molecule has 86 valence electrons. The van der Waals surface area contributed by atoms with Crippen LogP contribution in [-0.4, -0.2) is 18.5 Å².